The van der Waals surface area contributed by atoms with Gasteiger partial charge in [-0.25, -0.2) is 0 Å². The molecule has 1 saturated heterocycles. The maximum absolute atomic E-state index is 11.6. The van der Waals surface area contributed by atoms with Gasteiger partial charge in [0.15, 0.2) is 0 Å². The normalized spacial score (nSPS) is 30.1. The summed E-state index contributed by atoms with van der Waals surface area (Å²) < 4.78 is 5.24. The fourth-order valence-electron chi connectivity index (χ4n) is 3.22. The molecule has 0 aromatic carbocycles. The SMILES string of the molecule is CCNC(=O)c1noc(C2CC3CCCCC3N2)n1. The maximum Gasteiger partial charge on any atom is 0.292 e. The first kappa shape index (κ1) is 12.6. The summed E-state index contributed by atoms with van der Waals surface area (Å²) >= 11 is 0. The lowest BCUT2D eigenvalue weighted by molar-refractivity contribution is 0.0942. The Morgan fingerprint density at radius 1 is 1.47 bits per heavy atom. The highest BCUT2D eigenvalue weighted by Crippen LogP contribution is 2.38. The molecule has 3 rings (SSSR count). The van der Waals surface area contributed by atoms with Crippen LogP contribution in [0.5, 0.6) is 0 Å². The van der Waals surface area contributed by atoms with Gasteiger partial charge in [-0.3, -0.25) is 4.79 Å². The average molecular weight is 264 g/mol. The molecule has 2 fully saturated rings. The number of hydrogen-bond donors (Lipinski definition) is 2. The Morgan fingerprint density at radius 3 is 3.11 bits per heavy atom. The van der Waals surface area contributed by atoms with Crippen molar-refractivity contribution < 1.29 is 9.32 Å². The van der Waals surface area contributed by atoms with Gasteiger partial charge in [-0.05, 0) is 32.1 Å². The molecule has 2 aliphatic rings. The van der Waals surface area contributed by atoms with Crippen LogP contribution in [0.15, 0.2) is 4.52 Å². The van der Waals surface area contributed by atoms with Crippen LogP contribution in [0.4, 0.5) is 0 Å². The summed E-state index contributed by atoms with van der Waals surface area (Å²) in [5, 5.41) is 10.00. The van der Waals surface area contributed by atoms with Crippen LogP contribution in [-0.2, 0) is 0 Å². The van der Waals surface area contributed by atoms with Crippen molar-refractivity contribution in [2.24, 2.45) is 5.92 Å². The number of fused-ring (bicyclic) bond motifs is 1. The lowest BCUT2D eigenvalue weighted by Gasteiger charge is -2.24. The van der Waals surface area contributed by atoms with Crippen LogP contribution in [0.2, 0.25) is 0 Å². The van der Waals surface area contributed by atoms with Crippen molar-refractivity contribution in [1.29, 1.82) is 0 Å². The number of amides is 1. The van der Waals surface area contributed by atoms with Gasteiger partial charge in [-0.15, -0.1) is 0 Å². The van der Waals surface area contributed by atoms with E-state index in [-0.39, 0.29) is 17.8 Å². The maximum atomic E-state index is 11.6. The van der Waals surface area contributed by atoms with Crippen LogP contribution >= 0.6 is 0 Å². The summed E-state index contributed by atoms with van der Waals surface area (Å²) in [6.07, 6.45) is 6.18. The second kappa shape index (κ2) is 5.28. The molecule has 19 heavy (non-hydrogen) atoms. The molecule has 2 N–H and O–H groups in total. The molecule has 1 aromatic rings. The predicted octanol–water partition coefficient (Wildman–Crippen LogP) is 1.41. The van der Waals surface area contributed by atoms with Crippen molar-refractivity contribution in [3.63, 3.8) is 0 Å². The van der Waals surface area contributed by atoms with Crippen molar-refractivity contribution in [3.05, 3.63) is 11.7 Å². The molecule has 1 aliphatic heterocycles. The van der Waals surface area contributed by atoms with E-state index in [1.807, 2.05) is 6.92 Å². The third-order valence-corrected chi connectivity index (χ3v) is 4.14. The topological polar surface area (TPSA) is 80.0 Å². The number of nitrogens with one attached hydrogen (secondary N) is 2. The van der Waals surface area contributed by atoms with Gasteiger partial charge in [0.1, 0.15) is 0 Å². The predicted molar refractivity (Wildman–Crippen MR) is 68.5 cm³/mol. The van der Waals surface area contributed by atoms with E-state index in [2.05, 4.69) is 20.8 Å². The second-order valence-corrected chi connectivity index (χ2v) is 5.42. The molecule has 1 aliphatic carbocycles. The molecule has 1 saturated carbocycles. The van der Waals surface area contributed by atoms with Crippen LogP contribution in [0.3, 0.4) is 0 Å². The molecular weight excluding hydrogens is 244 g/mol. The Kier molecular flexibility index (Phi) is 3.50. The quantitative estimate of drug-likeness (QED) is 0.863. The van der Waals surface area contributed by atoms with Crippen molar-refractivity contribution in [2.75, 3.05) is 6.54 Å². The third-order valence-electron chi connectivity index (χ3n) is 4.14. The largest absolute Gasteiger partial charge is 0.349 e. The third kappa shape index (κ3) is 2.49. The van der Waals surface area contributed by atoms with E-state index in [1.165, 1.54) is 25.7 Å². The summed E-state index contributed by atoms with van der Waals surface area (Å²) in [6, 6.07) is 0.697. The first-order chi connectivity index (χ1) is 9.28. The van der Waals surface area contributed by atoms with E-state index in [9.17, 15) is 4.79 Å². The lowest BCUT2D eigenvalue weighted by Crippen LogP contribution is -2.30. The first-order valence-electron chi connectivity index (χ1n) is 7.15. The Bertz CT molecular complexity index is 445. The number of aromatic nitrogens is 2. The molecule has 6 heteroatoms. The smallest absolute Gasteiger partial charge is 0.292 e. The highest BCUT2D eigenvalue weighted by molar-refractivity contribution is 5.90. The summed E-state index contributed by atoms with van der Waals surface area (Å²) in [4.78, 5) is 15.8. The number of rotatable bonds is 3. The zero-order chi connectivity index (χ0) is 13.2. The molecule has 6 nitrogen and oxygen atoms in total. The molecule has 0 bridgehead atoms. The van der Waals surface area contributed by atoms with E-state index in [0.29, 0.717) is 18.5 Å². The molecule has 3 unspecified atom stereocenters. The van der Waals surface area contributed by atoms with E-state index in [1.54, 1.807) is 0 Å². The lowest BCUT2D eigenvalue weighted by atomic mass is 9.85. The van der Waals surface area contributed by atoms with Crippen molar-refractivity contribution in [1.82, 2.24) is 20.8 Å². The van der Waals surface area contributed by atoms with Gasteiger partial charge in [0.05, 0.1) is 6.04 Å². The van der Waals surface area contributed by atoms with Gasteiger partial charge in [-0.1, -0.05) is 18.0 Å². The Morgan fingerprint density at radius 2 is 2.32 bits per heavy atom. The molecule has 2 heterocycles. The van der Waals surface area contributed by atoms with Gasteiger partial charge >= 0.3 is 0 Å². The number of carbonyl (C=O) groups is 1. The molecular formula is C13H20N4O2. The van der Waals surface area contributed by atoms with Crippen LogP contribution in [0.25, 0.3) is 0 Å². The van der Waals surface area contributed by atoms with Crippen molar-refractivity contribution in [3.8, 4) is 0 Å². The number of nitrogens with zero attached hydrogens (tertiary/aromatic N) is 2. The van der Waals surface area contributed by atoms with Gasteiger partial charge in [0.25, 0.3) is 11.7 Å². The van der Waals surface area contributed by atoms with E-state index < -0.39 is 0 Å². The summed E-state index contributed by atoms with van der Waals surface area (Å²) in [5.41, 5.74) is 0. The molecule has 1 aromatic heterocycles. The zero-order valence-corrected chi connectivity index (χ0v) is 11.2. The van der Waals surface area contributed by atoms with E-state index in [0.717, 1.165) is 12.3 Å². The molecule has 1 amide bonds. The Balaban J connectivity index is 1.68. The van der Waals surface area contributed by atoms with Crippen LogP contribution in [-0.4, -0.2) is 28.6 Å². The van der Waals surface area contributed by atoms with Gasteiger partial charge in [-0.2, -0.15) is 4.98 Å². The summed E-state index contributed by atoms with van der Waals surface area (Å²) in [6.45, 7) is 2.43. The van der Waals surface area contributed by atoms with Crippen LogP contribution in [0, 0.1) is 5.92 Å². The Hall–Kier alpha value is -1.43. The average Bonchev–Trinajstić information content (AvgIpc) is 3.05. The first-order valence-corrected chi connectivity index (χ1v) is 7.15. The fraction of sp³-hybridized carbons (Fsp3) is 0.769. The minimum Gasteiger partial charge on any atom is -0.349 e. The van der Waals surface area contributed by atoms with E-state index >= 15 is 0 Å². The van der Waals surface area contributed by atoms with Crippen molar-refractivity contribution >= 4 is 5.91 Å². The number of hydrogen-bond acceptors (Lipinski definition) is 5. The molecule has 0 radical (unpaired) electrons. The molecule has 104 valence electrons. The van der Waals surface area contributed by atoms with Crippen molar-refractivity contribution in [2.45, 2.75) is 51.1 Å². The van der Waals surface area contributed by atoms with Gasteiger partial charge in [0.2, 0.25) is 5.89 Å². The monoisotopic (exact) mass is 264 g/mol. The molecule has 3 atom stereocenters. The van der Waals surface area contributed by atoms with Crippen LogP contribution in [0.1, 0.15) is 61.6 Å². The van der Waals surface area contributed by atoms with Crippen LogP contribution < -0.4 is 10.6 Å². The minimum atomic E-state index is -0.270. The standard InChI is InChI=1S/C13H20N4O2/c1-2-14-12(18)11-16-13(19-17-11)10-7-8-5-3-4-6-9(8)15-10/h8-10,15H,2-7H2,1H3,(H,14,18). The summed E-state index contributed by atoms with van der Waals surface area (Å²) in [7, 11) is 0. The highest BCUT2D eigenvalue weighted by Gasteiger charge is 2.38. The fourth-order valence-corrected chi connectivity index (χ4v) is 3.22. The molecule has 0 spiro atoms. The zero-order valence-electron chi connectivity index (χ0n) is 11.2. The highest BCUT2D eigenvalue weighted by atomic mass is 16.5. The van der Waals surface area contributed by atoms with E-state index in [4.69, 9.17) is 4.52 Å². The Labute approximate surface area is 112 Å². The van der Waals surface area contributed by atoms with Gasteiger partial charge in [0, 0.05) is 12.6 Å². The summed E-state index contributed by atoms with van der Waals surface area (Å²) in [5.74, 6) is 1.13. The minimum absolute atomic E-state index is 0.115. The van der Waals surface area contributed by atoms with Gasteiger partial charge < -0.3 is 15.2 Å². The number of carbonyl (C=O) groups excluding carboxylic acids is 1. The second-order valence-electron chi connectivity index (χ2n) is 5.42.